The molecule has 2 rings (SSSR count). The first-order chi connectivity index (χ1) is 12.7. The van der Waals surface area contributed by atoms with Gasteiger partial charge in [0.1, 0.15) is 5.75 Å². The van der Waals surface area contributed by atoms with Crippen LogP contribution in [0.3, 0.4) is 0 Å². The van der Waals surface area contributed by atoms with Crippen LogP contribution in [0.5, 0.6) is 5.75 Å². The molecule has 0 spiro atoms. The Hall–Kier alpha value is -2.34. The van der Waals surface area contributed by atoms with Gasteiger partial charge >= 0.3 is 5.97 Å². The van der Waals surface area contributed by atoms with E-state index < -0.39 is 0 Å². The van der Waals surface area contributed by atoms with E-state index in [4.69, 9.17) is 9.47 Å². The van der Waals surface area contributed by atoms with Crippen LogP contribution >= 0.6 is 15.9 Å². The van der Waals surface area contributed by atoms with Crippen molar-refractivity contribution < 1.29 is 19.1 Å². The van der Waals surface area contributed by atoms with Crippen molar-refractivity contribution >= 4 is 33.5 Å². The Morgan fingerprint density at radius 2 is 1.74 bits per heavy atom. The number of ether oxygens (including phenoxy) is 2. The van der Waals surface area contributed by atoms with Gasteiger partial charge in [0.05, 0.1) is 12.2 Å². The average Bonchev–Trinajstić information content (AvgIpc) is 2.60. The molecule has 6 heteroatoms. The summed E-state index contributed by atoms with van der Waals surface area (Å²) >= 11 is 3.47. The molecule has 0 bridgehead atoms. The molecular formula is C21H24BrNO4. The molecule has 5 nitrogen and oxygen atoms in total. The largest absolute Gasteiger partial charge is 0.483 e. The summed E-state index contributed by atoms with van der Waals surface area (Å²) in [5.74, 6) is 0.0174. The zero-order valence-corrected chi connectivity index (χ0v) is 17.6. The van der Waals surface area contributed by atoms with Gasteiger partial charge in [-0.25, -0.2) is 4.79 Å². The molecule has 1 amide bonds. The molecule has 0 saturated carbocycles. The van der Waals surface area contributed by atoms with Crippen LogP contribution in [0.15, 0.2) is 46.9 Å². The van der Waals surface area contributed by atoms with E-state index in [2.05, 4.69) is 42.0 Å². The minimum atomic E-state index is -0.386. The van der Waals surface area contributed by atoms with E-state index >= 15 is 0 Å². The Labute approximate surface area is 168 Å². The van der Waals surface area contributed by atoms with Gasteiger partial charge in [0.25, 0.3) is 5.91 Å². The Morgan fingerprint density at radius 1 is 1.07 bits per heavy atom. The van der Waals surface area contributed by atoms with Gasteiger partial charge < -0.3 is 14.8 Å². The molecule has 0 heterocycles. The summed E-state index contributed by atoms with van der Waals surface area (Å²) in [6.07, 6.45) is 0. The van der Waals surface area contributed by atoms with Crippen molar-refractivity contribution in [3.63, 3.8) is 0 Å². The number of amides is 1. The molecule has 2 aromatic rings. The van der Waals surface area contributed by atoms with Crippen LogP contribution in [-0.4, -0.2) is 25.1 Å². The van der Waals surface area contributed by atoms with Crippen molar-refractivity contribution in [1.82, 2.24) is 0 Å². The maximum absolute atomic E-state index is 12.2. The zero-order chi connectivity index (χ0) is 20.0. The van der Waals surface area contributed by atoms with Crippen LogP contribution in [0.4, 0.5) is 5.69 Å². The van der Waals surface area contributed by atoms with E-state index in [1.165, 1.54) is 0 Å². The number of nitrogens with one attached hydrogen (secondary N) is 1. The molecular weight excluding hydrogens is 410 g/mol. The first-order valence-corrected chi connectivity index (χ1v) is 9.50. The number of benzene rings is 2. The van der Waals surface area contributed by atoms with Gasteiger partial charge in [-0.2, -0.15) is 0 Å². The molecule has 1 N–H and O–H groups in total. The highest BCUT2D eigenvalue weighted by Crippen LogP contribution is 2.33. The second kappa shape index (κ2) is 9.04. The van der Waals surface area contributed by atoms with Gasteiger partial charge in [0.2, 0.25) is 0 Å². The number of hydrogen-bond acceptors (Lipinski definition) is 4. The lowest BCUT2D eigenvalue weighted by Gasteiger charge is -2.23. The first kappa shape index (κ1) is 21.0. The van der Waals surface area contributed by atoms with E-state index in [0.717, 1.165) is 10.0 Å². The van der Waals surface area contributed by atoms with Crippen molar-refractivity contribution in [3.05, 3.63) is 58.1 Å². The van der Waals surface area contributed by atoms with Crippen LogP contribution in [0, 0.1) is 0 Å². The lowest BCUT2D eigenvalue weighted by atomic mass is 9.86. The molecule has 0 fully saturated rings. The number of esters is 1. The molecule has 0 saturated heterocycles. The topological polar surface area (TPSA) is 64.6 Å². The summed E-state index contributed by atoms with van der Waals surface area (Å²) in [5, 5.41) is 2.75. The standard InChI is InChI=1S/C21H24BrNO4/c1-5-26-20(25)14-6-9-16(10-7-14)23-19(24)13-27-18-11-8-15(22)12-17(18)21(2,3)4/h6-12H,5,13H2,1-4H3,(H,23,24). The highest BCUT2D eigenvalue weighted by Gasteiger charge is 2.20. The zero-order valence-electron chi connectivity index (χ0n) is 16.0. The molecule has 0 aliphatic rings. The Bertz CT molecular complexity index is 810. The van der Waals surface area contributed by atoms with Gasteiger partial charge in [0.15, 0.2) is 6.61 Å². The highest BCUT2D eigenvalue weighted by molar-refractivity contribution is 9.10. The van der Waals surface area contributed by atoms with Gasteiger partial charge in [-0.3, -0.25) is 4.79 Å². The fraction of sp³-hybridized carbons (Fsp3) is 0.333. The van der Waals surface area contributed by atoms with Crippen LogP contribution in [0.1, 0.15) is 43.6 Å². The van der Waals surface area contributed by atoms with E-state index in [0.29, 0.717) is 23.6 Å². The number of halogens is 1. The molecule has 0 atom stereocenters. The molecule has 0 aromatic heterocycles. The predicted molar refractivity (Wildman–Crippen MR) is 109 cm³/mol. The lowest BCUT2D eigenvalue weighted by Crippen LogP contribution is -2.22. The van der Waals surface area contributed by atoms with Crippen molar-refractivity contribution in [1.29, 1.82) is 0 Å². The summed E-state index contributed by atoms with van der Waals surface area (Å²) in [6, 6.07) is 12.3. The summed E-state index contributed by atoms with van der Waals surface area (Å²) in [7, 11) is 0. The minimum absolute atomic E-state index is 0.107. The molecule has 0 aliphatic carbocycles. The maximum atomic E-state index is 12.2. The van der Waals surface area contributed by atoms with Crippen LogP contribution in [0.2, 0.25) is 0 Å². The SMILES string of the molecule is CCOC(=O)c1ccc(NC(=O)COc2ccc(Br)cc2C(C)(C)C)cc1. The third-order valence-electron chi connectivity index (χ3n) is 3.79. The summed E-state index contributed by atoms with van der Waals surface area (Å²) < 4.78 is 11.6. The molecule has 144 valence electrons. The fourth-order valence-electron chi connectivity index (χ4n) is 2.46. The smallest absolute Gasteiger partial charge is 0.338 e. The predicted octanol–water partition coefficient (Wildman–Crippen LogP) is 4.94. The number of carbonyl (C=O) groups is 2. The first-order valence-electron chi connectivity index (χ1n) is 8.70. The lowest BCUT2D eigenvalue weighted by molar-refractivity contribution is -0.118. The van der Waals surface area contributed by atoms with E-state index in [-0.39, 0.29) is 23.9 Å². The Balaban J connectivity index is 1.98. The summed E-state index contributed by atoms with van der Waals surface area (Å²) in [6.45, 7) is 8.24. The number of carbonyl (C=O) groups excluding carboxylic acids is 2. The monoisotopic (exact) mass is 433 g/mol. The number of rotatable bonds is 6. The quantitative estimate of drug-likeness (QED) is 0.655. The molecule has 0 aliphatic heterocycles. The second-order valence-corrected chi connectivity index (χ2v) is 7.94. The van der Waals surface area contributed by atoms with Crippen LogP contribution in [-0.2, 0) is 14.9 Å². The van der Waals surface area contributed by atoms with E-state index in [9.17, 15) is 9.59 Å². The Kier molecular flexibility index (Phi) is 7.02. The Morgan fingerprint density at radius 3 is 2.33 bits per heavy atom. The van der Waals surface area contributed by atoms with Gasteiger partial charge in [-0.1, -0.05) is 36.7 Å². The van der Waals surface area contributed by atoms with Crippen LogP contribution < -0.4 is 10.1 Å². The maximum Gasteiger partial charge on any atom is 0.338 e. The van der Waals surface area contributed by atoms with E-state index in [1.807, 2.05) is 18.2 Å². The molecule has 0 unspecified atom stereocenters. The van der Waals surface area contributed by atoms with Crippen molar-refractivity contribution in [2.75, 3.05) is 18.5 Å². The third kappa shape index (κ3) is 6.10. The normalized spacial score (nSPS) is 11.0. The number of anilines is 1. The molecule has 2 aromatic carbocycles. The number of hydrogen-bond donors (Lipinski definition) is 1. The van der Waals surface area contributed by atoms with Crippen molar-refractivity contribution in [2.24, 2.45) is 0 Å². The van der Waals surface area contributed by atoms with Crippen molar-refractivity contribution in [2.45, 2.75) is 33.1 Å². The highest BCUT2D eigenvalue weighted by atomic mass is 79.9. The van der Waals surface area contributed by atoms with Crippen molar-refractivity contribution in [3.8, 4) is 5.75 Å². The van der Waals surface area contributed by atoms with Crippen LogP contribution in [0.25, 0.3) is 0 Å². The van der Waals surface area contributed by atoms with Gasteiger partial charge in [0, 0.05) is 15.7 Å². The van der Waals surface area contributed by atoms with Gasteiger partial charge in [-0.05, 0) is 54.8 Å². The average molecular weight is 434 g/mol. The minimum Gasteiger partial charge on any atom is -0.483 e. The van der Waals surface area contributed by atoms with Gasteiger partial charge in [-0.15, -0.1) is 0 Å². The van der Waals surface area contributed by atoms with E-state index in [1.54, 1.807) is 31.2 Å². The summed E-state index contributed by atoms with van der Waals surface area (Å²) in [4.78, 5) is 23.8. The second-order valence-electron chi connectivity index (χ2n) is 7.03. The molecule has 27 heavy (non-hydrogen) atoms. The molecule has 0 radical (unpaired) electrons. The summed E-state index contributed by atoms with van der Waals surface area (Å²) in [5.41, 5.74) is 1.93. The third-order valence-corrected chi connectivity index (χ3v) is 4.28. The fourth-order valence-corrected chi connectivity index (χ4v) is 2.82.